The third-order valence-electron chi connectivity index (χ3n) is 6.01. The zero-order chi connectivity index (χ0) is 14.2. The molecule has 0 atom stereocenters. The first-order chi connectivity index (χ1) is 9.55. The Bertz CT molecular complexity index is 357. The van der Waals surface area contributed by atoms with Crippen molar-refractivity contribution < 1.29 is 4.79 Å². The molecule has 2 aliphatic heterocycles. The minimum Gasteiger partial charge on any atom is -0.342 e. The molecule has 3 rings (SSSR count). The summed E-state index contributed by atoms with van der Waals surface area (Å²) in [5.41, 5.74) is 0.536. The molecule has 0 unspecified atom stereocenters. The number of nitrogens with one attached hydrogen (secondary N) is 1. The predicted molar refractivity (Wildman–Crippen MR) is 81.5 cm³/mol. The Kier molecular flexibility index (Phi) is 3.83. The summed E-state index contributed by atoms with van der Waals surface area (Å²) in [5.74, 6) is 1.12. The van der Waals surface area contributed by atoms with Gasteiger partial charge in [0.2, 0.25) is 5.91 Å². The average molecular weight is 278 g/mol. The minimum absolute atomic E-state index is 0.0204. The molecular formula is C17H30N2O. The zero-order valence-corrected chi connectivity index (χ0v) is 13.2. The van der Waals surface area contributed by atoms with E-state index >= 15 is 0 Å². The fourth-order valence-electron chi connectivity index (χ4n) is 4.63. The number of carbonyl (C=O) groups is 1. The molecule has 3 aliphatic rings. The highest BCUT2D eigenvalue weighted by molar-refractivity contribution is 5.83. The number of carbonyl (C=O) groups excluding carboxylic acids is 1. The van der Waals surface area contributed by atoms with Crippen LogP contribution in [0.2, 0.25) is 0 Å². The summed E-state index contributed by atoms with van der Waals surface area (Å²) in [6, 6.07) is 0. The normalized spacial score (nSPS) is 27.9. The van der Waals surface area contributed by atoms with Gasteiger partial charge in [0.25, 0.3) is 0 Å². The van der Waals surface area contributed by atoms with Gasteiger partial charge in [0.05, 0.1) is 0 Å². The maximum absolute atomic E-state index is 13.0. The molecule has 1 amide bonds. The first-order valence-corrected chi connectivity index (χ1v) is 8.56. The van der Waals surface area contributed by atoms with Gasteiger partial charge in [-0.2, -0.15) is 0 Å². The fraction of sp³-hybridized carbons (Fsp3) is 0.941. The third kappa shape index (κ3) is 2.49. The molecule has 1 aliphatic carbocycles. The molecule has 114 valence electrons. The molecule has 1 N–H and O–H groups in total. The van der Waals surface area contributed by atoms with Crippen LogP contribution in [0.25, 0.3) is 0 Å². The second-order valence-corrected chi connectivity index (χ2v) is 7.95. The second-order valence-electron chi connectivity index (χ2n) is 7.95. The van der Waals surface area contributed by atoms with E-state index < -0.39 is 0 Å². The number of nitrogens with zero attached hydrogens (tertiary/aromatic N) is 1. The average Bonchev–Trinajstić information content (AvgIpc) is 2.82. The summed E-state index contributed by atoms with van der Waals surface area (Å²) in [6.45, 7) is 8.85. The maximum Gasteiger partial charge on any atom is 0.228 e. The van der Waals surface area contributed by atoms with E-state index in [0.29, 0.717) is 17.2 Å². The van der Waals surface area contributed by atoms with E-state index in [1.54, 1.807) is 0 Å². The van der Waals surface area contributed by atoms with Crippen LogP contribution in [0.1, 0.15) is 58.8 Å². The van der Waals surface area contributed by atoms with Crippen molar-refractivity contribution in [1.82, 2.24) is 10.2 Å². The molecule has 3 fully saturated rings. The number of amides is 1. The van der Waals surface area contributed by atoms with Gasteiger partial charge < -0.3 is 10.2 Å². The highest BCUT2D eigenvalue weighted by Crippen LogP contribution is 2.48. The molecule has 0 radical (unpaired) electrons. The van der Waals surface area contributed by atoms with E-state index in [0.717, 1.165) is 32.4 Å². The first kappa shape index (κ1) is 14.4. The van der Waals surface area contributed by atoms with Crippen LogP contribution < -0.4 is 5.32 Å². The Morgan fingerprint density at radius 1 is 1.15 bits per heavy atom. The Hall–Kier alpha value is -0.570. The number of hydrogen-bond donors (Lipinski definition) is 1. The third-order valence-corrected chi connectivity index (χ3v) is 6.01. The minimum atomic E-state index is 0.0204. The molecule has 0 aromatic heterocycles. The molecule has 2 heterocycles. The Labute approximate surface area is 123 Å². The van der Waals surface area contributed by atoms with Gasteiger partial charge in [0.15, 0.2) is 0 Å². The molecule has 20 heavy (non-hydrogen) atoms. The van der Waals surface area contributed by atoms with Gasteiger partial charge in [0.1, 0.15) is 0 Å². The van der Waals surface area contributed by atoms with Gasteiger partial charge in [-0.1, -0.05) is 20.3 Å². The number of rotatable bonds is 3. The van der Waals surface area contributed by atoms with Crippen LogP contribution in [0.15, 0.2) is 0 Å². The summed E-state index contributed by atoms with van der Waals surface area (Å²) in [7, 11) is 0. The van der Waals surface area contributed by atoms with Crippen LogP contribution in [-0.4, -0.2) is 37.0 Å². The summed E-state index contributed by atoms with van der Waals surface area (Å²) < 4.78 is 0. The van der Waals surface area contributed by atoms with Crippen molar-refractivity contribution in [2.45, 2.75) is 58.8 Å². The number of piperidine rings is 1. The van der Waals surface area contributed by atoms with Crippen LogP contribution in [0, 0.1) is 16.7 Å². The Morgan fingerprint density at radius 3 is 2.30 bits per heavy atom. The van der Waals surface area contributed by atoms with Crippen molar-refractivity contribution >= 4 is 5.91 Å². The van der Waals surface area contributed by atoms with E-state index in [-0.39, 0.29) is 5.41 Å². The predicted octanol–water partition coefficient (Wildman–Crippen LogP) is 2.80. The van der Waals surface area contributed by atoms with E-state index in [1.807, 2.05) is 0 Å². The summed E-state index contributed by atoms with van der Waals surface area (Å²) in [4.78, 5) is 15.2. The molecule has 1 spiro atoms. The number of likely N-dealkylation sites (tertiary alicyclic amines) is 1. The molecule has 0 aromatic rings. The maximum atomic E-state index is 13.0. The lowest BCUT2D eigenvalue weighted by Gasteiger charge is -2.47. The summed E-state index contributed by atoms with van der Waals surface area (Å²) >= 11 is 0. The summed E-state index contributed by atoms with van der Waals surface area (Å²) in [5, 5.41) is 3.50. The molecule has 1 saturated carbocycles. The van der Waals surface area contributed by atoms with Crippen molar-refractivity contribution in [3.8, 4) is 0 Å². The number of hydrogen-bond acceptors (Lipinski definition) is 2. The van der Waals surface area contributed by atoms with Crippen LogP contribution in [-0.2, 0) is 4.79 Å². The van der Waals surface area contributed by atoms with E-state index in [1.165, 1.54) is 38.8 Å². The van der Waals surface area contributed by atoms with Crippen molar-refractivity contribution in [1.29, 1.82) is 0 Å². The molecular weight excluding hydrogens is 248 g/mol. The van der Waals surface area contributed by atoms with Crippen molar-refractivity contribution in [2.24, 2.45) is 16.7 Å². The highest BCUT2D eigenvalue weighted by atomic mass is 16.2. The topological polar surface area (TPSA) is 32.3 Å². The van der Waals surface area contributed by atoms with E-state index in [4.69, 9.17) is 0 Å². The molecule has 3 nitrogen and oxygen atoms in total. The molecule has 0 bridgehead atoms. The van der Waals surface area contributed by atoms with E-state index in [9.17, 15) is 4.79 Å². The van der Waals surface area contributed by atoms with Crippen LogP contribution in [0.5, 0.6) is 0 Å². The van der Waals surface area contributed by atoms with Gasteiger partial charge in [0, 0.05) is 25.0 Å². The lowest BCUT2D eigenvalue weighted by atomic mass is 9.63. The highest BCUT2D eigenvalue weighted by Gasteiger charge is 2.48. The monoisotopic (exact) mass is 278 g/mol. The quantitative estimate of drug-likeness (QED) is 0.861. The lowest BCUT2D eigenvalue weighted by Crippen LogP contribution is -2.52. The van der Waals surface area contributed by atoms with Crippen molar-refractivity contribution in [2.75, 3.05) is 26.2 Å². The van der Waals surface area contributed by atoms with Crippen molar-refractivity contribution in [3.63, 3.8) is 0 Å². The summed E-state index contributed by atoms with van der Waals surface area (Å²) in [6.07, 6.45) is 8.34. The van der Waals surface area contributed by atoms with Gasteiger partial charge >= 0.3 is 0 Å². The first-order valence-electron chi connectivity index (χ1n) is 8.56. The van der Waals surface area contributed by atoms with Gasteiger partial charge in [-0.25, -0.2) is 0 Å². The second kappa shape index (κ2) is 5.32. The largest absolute Gasteiger partial charge is 0.342 e. The molecule has 2 saturated heterocycles. The van der Waals surface area contributed by atoms with Gasteiger partial charge in [-0.15, -0.1) is 0 Å². The van der Waals surface area contributed by atoms with Crippen LogP contribution in [0.4, 0.5) is 0 Å². The standard InChI is InChI=1S/C17H30N2O/c1-14(2)12-17(4-3-5-17)15(20)19-10-7-16(8-11-19)6-9-18-13-16/h14,18H,3-13H2,1-2H3. The SMILES string of the molecule is CC(C)CC1(C(=O)N2CCC3(CCNC3)CC2)CCC1. The Balaban J connectivity index is 1.61. The zero-order valence-electron chi connectivity index (χ0n) is 13.2. The van der Waals surface area contributed by atoms with Crippen LogP contribution in [0.3, 0.4) is 0 Å². The Morgan fingerprint density at radius 2 is 1.85 bits per heavy atom. The van der Waals surface area contributed by atoms with Crippen LogP contribution >= 0.6 is 0 Å². The van der Waals surface area contributed by atoms with Gasteiger partial charge in [-0.05, 0) is 56.4 Å². The van der Waals surface area contributed by atoms with E-state index in [2.05, 4.69) is 24.1 Å². The fourth-order valence-corrected chi connectivity index (χ4v) is 4.63. The molecule has 3 heteroatoms. The molecule has 0 aromatic carbocycles. The van der Waals surface area contributed by atoms with Gasteiger partial charge in [-0.3, -0.25) is 4.79 Å². The smallest absolute Gasteiger partial charge is 0.228 e. The lowest BCUT2D eigenvalue weighted by molar-refractivity contribution is -0.151. The van der Waals surface area contributed by atoms with Crippen molar-refractivity contribution in [3.05, 3.63) is 0 Å².